The fraction of sp³-hybridized carbons (Fsp3) is 0.412. The Morgan fingerprint density at radius 1 is 1.29 bits per heavy atom. The Morgan fingerprint density at radius 3 is 2.58 bits per heavy atom. The van der Waals surface area contributed by atoms with Crippen LogP contribution in [0, 0.1) is 17.1 Å². The van der Waals surface area contributed by atoms with E-state index in [-0.39, 0.29) is 30.3 Å². The number of hydrogen-bond donors (Lipinski definition) is 0. The molecule has 1 fully saturated rings. The standard InChI is InChI=1S/C17H18FN3O3/c1-11-8-21(9-12(2)23-11)17-15(7-19)20-16(24-17)10-22-14-5-3-13(18)4-6-14/h3-6,11-12H,8-10H2,1-2H3/t11-,12-/m1/s1. The second-order valence-electron chi connectivity index (χ2n) is 5.78. The summed E-state index contributed by atoms with van der Waals surface area (Å²) in [5.74, 6) is 0.918. The number of oxazole rings is 1. The van der Waals surface area contributed by atoms with Gasteiger partial charge in [0.25, 0.3) is 0 Å². The molecule has 0 spiro atoms. The second-order valence-corrected chi connectivity index (χ2v) is 5.78. The first-order chi connectivity index (χ1) is 11.5. The molecule has 0 radical (unpaired) electrons. The molecule has 0 N–H and O–H groups in total. The smallest absolute Gasteiger partial charge is 0.236 e. The Labute approximate surface area is 139 Å². The first-order valence-electron chi connectivity index (χ1n) is 7.73. The Hall–Kier alpha value is -2.59. The van der Waals surface area contributed by atoms with Gasteiger partial charge in [0.2, 0.25) is 17.5 Å². The van der Waals surface area contributed by atoms with E-state index in [1.807, 2.05) is 18.7 Å². The second kappa shape index (κ2) is 6.89. The van der Waals surface area contributed by atoms with Gasteiger partial charge in [-0.3, -0.25) is 0 Å². The lowest BCUT2D eigenvalue weighted by Crippen LogP contribution is -2.45. The highest BCUT2D eigenvalue weighted by molar-refractivity contribution is 5.48. The minimum Gasteiger partial charge on any atom is -0.484 e. The molecular formula is C17H18FN3O3. The summed E-state index contributed by atoms with van der Waals surface area (Å²) in [4.78, 5) is 6.14. The largest absolute Gasteiger partial charge is 0.484 e. The third kappa shape index (κ3) is 3.66. The van der Waals surface area contributed by atoms with Gasteiger partial charge < -0.3 is 18.8 Å². The first-order valence-corrected chi connectivity index (χ1v) is 7.73. The van der Waals surface area contributed by atoms with Crippen LogP contribution in [0.1, 0.15) is 25.4 Å². The van der Waals surface area contributed by atoms with Gasteiger partial charge in [0, 0.05) is 13.1 Å². The summed E-state index contributed by atoms with van der Waals surface area (Å²) in [6, 6.07) is 7.73. The average Bonchev–Trinajstić information content (AvgIpc) is 2.97. The number of ether oxygens (including phenoxy) is 2. The van der Waals surface area contributed by atoms with Crippen LogP contribution in [0.25, 0.3) is 0 Å². The van der Waals surface area contributed by atoms with Crippen molar-refractivity contribution in [3.63, 3.8) is 0 Å². The monoisotopic (exact) mass is 331 g/mol. The molecular weight excluding hydrogens is 313 g/mol. The Bertz CT molecular complexity index is 729. The van der Waals surface area contributed by atoms with Crippen LogP contribution in [0.5, 0.6) is 5.75 Å². The number of benzene rings is 1. The van der Waals surface area contributed by atoms with E-state index in [2.05, 4.69) is 11.1 Å². The van der Waals surface area contributed by atoms with Crippen molar-refractivity contribution in [1.29, 1.82) is 5.26 Å². The zero-order valence-corrected chi connectivity index (χ0v) is 13.5. The van der Waals surface area contributed by atoms with E-state index in [9.17, 15) is 9.65 Å². The minimum absolute atomic E-state index is 0.0457. The molecule has 0 aliphatic carbocycles. The number of nitriles is 1. The average molecular weight is 331 g/mol. The lowest BCUT2D eigenvalue weighted by molar-refractivity contribution is -0.00651. The SMILES string of the molecule is C[C@@H]1CN(c2oc(COc3ccc(F)cc3)nc2C#N)C[C@@H](C)O1. The van der Waals surface area contributed by atoms with Gasteiger partial charge in [0.05, 0.1) is 12.2 Å². The molecule has 0 saturated carbocycles. The van der Waals surface area contributed by atoms with E-state index in [0.717, 1.165) is 0 Å². The quantitative estimate of drug-likeness (QED) is 0.858. The topological polar surface area (TPSA) is 71.5 Å². The van der Waals surface area contributed by atoms with E-state index in [4.69, 9.17) is 13.9 Å². The van der Waals surface area contributed by atoms with Crippen molar-refractivity contribution in [3.05, 3.63) is 41.7 Å². The van der Waals surface area contributed by atoms with Crippen LogP contribution in [0.15, 0.2) is 28.7 Å². The van der Waals surface area contributed by atoms with Crippen LogP contribution >= 0.6 is 0 Å². The molecule has 24 heavy (non-hydrogen) atoms. The molecule has 2 aromatic rings. The Kier molecular flexibility index (Phi) is 4.67. The predicted molar refractivity (Wildman–Crippen MR) is 84.2 cm³/mol. The third-order valence-electron chi connectivity index (χ3n) is 3.64. The van der Waals surface area contributed by atoms with Gasteiger partial charge in [-0.2, -0.15) is 10.2 Å². The lowest BCUT2D eigenvalue weighted by Gasteiger charge is -2.34. The molecule has 1 aliphatic rings. The van der Waals surface area contributed by atoms with E-state index < -0.39 is 0 Å². The van der Waals surface area contributed by atoms with Gasteiger partial charge in [0.15, 0.2) is 6.61 Å². The molecule has 0 bridgehead atoms. The normalized spacial score (nSPS) is 20.7. The maximum Gasteiger partial charge on any atom is 0.236 e. The summed E-state index contributed by atoms with van der Waals surface area (Å²) in [5, 5.41) is 9.30. The van der Waals surface area contributed by atoms with Crippen molar-refractivity contribution in [2.75, 3.05) is 18.0 Å². The van der Waals surface area contributed by atoms with E-state index in [0.29, 0.717) is 30.6 Å². The molecule has 7 heteroatoms. The number of halogens is 1. The minimum atomic E-state index is -0.330. The molecule has 0 amide bonds. The van der Waals surface area contributed by atoms with Gasteiger partial charge in [-0.25, -0.2) is 4.39 Å². The summed E-state index contributed by atoms with van der Waals surface area (Å²) in [7, 11) is 0. The van der Waals surface area contributed by atoms with E-state index in [1.165, 1.54) is 24.3 Å². The van der Waals surface area contributed by atoms with Crippen molar-refractivity contribution < 1.29 is 18.3 Å². The number of nitrogens with zero attached hydrogens (tertiary/aromatic N) is 3. The molecule has 6 nitrogen and oxygen atoms in total. The first kappa shape index (κ1) is 16.3. The maximum atomic E-state index is 12.9. The van der Waals surface area contributed by atoms with Crippen LogP contribution in [0.2, 0.25) is 0 Å². The summed E-state index contributed by atoms with van der Waals surface area (Å²) in [5.41, 5.74) is 0.231. The van der Waals surface area contributed by atoms with Crippen molar-refractivity contribution in [2.24, 2.45) is 0 Å². The number of aromatic nitrogens is 1. The molecule has 1 aromatic heterocycles. The molecule has 1 aromatic carbocycles. The van der Waals surface area contributed by atoms with Gasteiger partial charge in [-0.15, -0.1) is 0 Å². The highest BCUT2D eigenvalue weighted by Gasteiger charge is 2.28. The van der Waals surface area contributed by atoms with E-state index >= 15 is 0 Å². The molecule has 0 unspecified atom stereocenters. The Balaban J connectivity index is 1.73. The van der Waals surface area contributed by atoms with Crippen molar-refractivity contribution in [1.82, 2.24) is 4.98 Å². The number of anilines is 1. The van der Waals surface area contributed by atoms with Gasteiger partial charge in [-0.1, -0.05) is 0 Å². The van der Waals surface area contributed by atoms with Crippen molar-refractivity contribution >= 4 is 5.88 Å². The number of hydrogen-bond acceptors (Lipinski definition) is 6. The summed E-state index contributed by atoms with van der Waals surface area (Å²) < 4.78 is 29.8. The molecule has 2 atom stereocenters. The maximum absolute atomic E-state index is 12.9. The summed E-state index contributed by atoms with van der Waals surface area (Å²) in [6.45, 7) is 5.28. The van der Waals surface area contributed by atoms with Crippen molar-refractivity contribution in [2.45, 2.75) is 32.7 Å². The molecule has 1 aliphatic heterocycles. The van der Waals surface area contributed by atoms with E-state index in [1.54, 1.807) is 0 Å². The van der Waals surface area contributed by atoms with Crippen LogP contribution in [0.4, 0.5) is 10.3 Å². The zero-order valence-electron chi connectivity index (χ0n) is 13.5. The van der Waals surface area contributed by atoms with Crippen molar-refractivity contribution in [3.8, 4) is 11.8 Å². The number of morpholine rings is 1. The highest BCUT2D eigenvalue weighted by atomic mass is 19.1. The summed E-state index contributed by atoms with van der Waals surface area (Å²) >= 11 is 0. The molecule has 126 valence electrons. The highest BCUT2D eigenvalue weighted by Crippen LogP contribution is 2.26. The number of rotatable bonds is 4. The lowest BCUT2D eigenvalue weighted by atomic mass is 10.2. The van der Waals surface area contributed by atoms with Crippen LogP contribution in [-0.4, -0.2) is 30.3 Å². The van der Waals surface area contributed by atoms with Crippen LogP contribution in [0.3, 0.4) is 0 Å². The fourth-order valence-electron chi connectivity index (χ4n) is 2.72. The zero-order chi connectivity index (χ0) is 17.1. The summed E-state index contributed by atoms with van der Waals surface area (Å²) in [6.07, 6.45) is 0.0913. The Morgan fingerprint density at radius 2 is 1.96 bits per heavy atom. The van der Waals surface area contributed by atoms with Gasteiger partial charge >= 0.3 is 0 Å². The fourth-order valence-corrected chi connectivity index (χ4v) is 2.72. The third-order valence-corrected chi connectivity index (χ3v) is 3.64. The predicted octanol–water partition coefficient (Wildman–Crippen LogP) is 2.88. The van der Waals surface area contributed by atoms with Crippen LogP contribution < -0.4 is 9.64 Å². The molecule has 3 rings (SSSR count). The molecule has 2 heterocycles. The van der Waals surface area contributed by atoms with Gasteiger partial charge in [-0.05, 0) is 38.1 Å². The van der Waals surface area contributed by atoms with Crippen LogP contribution in [-0.2, 0) is 11.3 Å². The molecule has 1 saturated heterocycles. The van der Waals surface area contributed by atoms with Gasteiger partial charge in [0.1, 0.15) is 17.6 Å².